The SMILES string of the molecule is CCCCCCNC(CCCCNC(=O)C(C)C)C(N)=O. The van der Waals surface area contributed by atoms with Gasteiger partial charge in [-0.3, -0.25) is 9.59 Å². The second-order valence-corrected chi connectivity index (χ2v) is 5.91. The summed E-state index contributed by atoms with van der Waals surface area (Å²) >= 11 is 0. The number of nitrogens with two attached hydrogens (primary N) is 1. The summed E-state index contributed by atoms with van der Waals surface area (Å²) in [6.45, 7) is 7.44. The first-order valence-electron chi connectivity index (χ1n) is 8.29. The molecule has 1 unspecified atom stereocenters. The molecule has 0 saturated carbocycles. The molecule has 0 fully saturated rings. The molecule has 0 aliphatic rings. The van der Waals surface area contributed by atoms with E-state index in [0.29, 0.717) is 6.54 Å². The Morgan fingerprint density at radius 2 is 1.67 bits per heavy atom. The van der Waals surface area contributed by atoms with Gasteiger partial charge >= 0.3 is 0 Å². The number of nitrogens with one attached hydrogen (secondary N) is 2. The van der Waals surface area contributed by atoms with Crippen molar-refractivity contribution in [2.45, 2.75) is 71.8 Å². The summed E-state index contributed by atoms with van der Waals surface area (Å²) in [6.07, 6.45) is 7.21. The normalized spacial score (nSPS) is 12.4. The molecule has 0 rings (SSSR count). The smallest absolute Gasteiger partial charge is 0.234 e. The minimum atomic E-state index is -0.281. The fourth-order valence-corrected chi connectivity index (χ4v) is 2.06. The highest BCUT2D eigenvalue weighted by molar-refractivity contribution is 5.79. The first-order chi connectivity index (χ1) is 9.99. The van der Waals surface area contributed by atoms with Crippen LogP contribution in [-0.4, -0.2) is 30.9 Å². The van der Waals surface area contributed by atoms with Crippen LogP contribution in [0, 0.1) is 5.92 Å². The van der Waals surface area contributed by atoms with Crippen molar-refractivity contribution in [3.8, 4) is 0 Å². The van der Waals surface area contributed by atoms with Crippen molar-refractivity contribution in [1.82, 2.24) is 10.6 Å². The quantitative estimate of drug-likeness (QED) is 0.454. The Morgan fingerprint density at radius 3 is 2.24 bits per heavy atom. The monoisotopic (exact) mass is 299 g/mol. The number of carbonyl (C=O) groups excluding carboxylic acids is 2. The fourth-order valence-electron chi connectivity index (χ4n) is 2.06. The molecule has 124 valence electrons. The minimum absolute atomic E-state index is 0.0214. The van der Waals surface area contributed by atoms with E-state index in [1.165, 1.54) is 19.3 Å². The van der Waals surface area contributed by atoms with Gasteiger partial charge in [-0.25, -0.2) is 0 Å². The zero-order chi connectivity index (χ0) is 16.1. The fraction of sp³-hybridized carbons (Fsp3) is 0.875. The molecule has 5 heteroatoms. The van der Waals surface area contributed by atoms with Gasteiger partial charge in [-0.2, -0.15) is 0 Å². The lowest BCUT2D eigenvalue weighted by atomic mass is 10.1. The van der Waals surface area contributed by atoms with Crippen LogP contribution in [0.25, 0.3) is 0 Å². The van der Waals surface area contributed by atoms with Crippen LogP contribution in [0.3, 0.4) is 0 Å². The third kappa shape index (κ3) is 11.3. The number of amides is 2. The van der Waals surface area contributed by atoms with Crippen LogP contribution in [0.1, 0.15) is 65.7 Å². The van der Waals surface area contributed by atoms with E-state index in [0.717, 1.165) is 32.2 Å². The highest BCUT2D eigenvalue weighted by Gasteiger charge is 2.13. The predicted octanol–water partition coefficient (Wildman–Crippen LogP) is 1.95. The molecule has 0 radical (unpaired) electrons. The molecule has 4 N–H and O–H groups in total. The molecule has 21 heavy (non-hydrogen) atoms. The molecule has 0 spiro atoms. The van der Waals surface area contributed by atoms with Gasteiger partial charge in [0.15, 0.2) is 0 Å². The van der Waals surface area contributed by atoms with Crippen LogP contribution < -0.4 is 16.4 Å². The Hall–Kier alpha value is -1.10. The second kappa shape index (κ2) is 12.6. The van der Waals surface area contributed by atoms with Gasteiger partial charge in [0.25, 0.3) is 0 Å². The summed E-state index contributed by atoms with van der Waals surface area (Å²) in [6, 6.07) is -0.243. The van der Waals surface area contributed by atoms with E-state index in [2.05, 4.69) is 17.6 Å². The van der Waals surface area contributed by atoms with Gasteiger partial charge in [-0.15, -0.1) is 0 Å². The molecule has 2 amide bonds. The molecule has 1 atom stereocenters. The standard InChI is InChI=1S/C16H33N3O2/c1-4-5-6-8-11-18-14(15(17)20)10-7-9-12-19-16(21)13(2)3/h13-14,18H,4-12H2,1-3H3,(H2,17,20)(H,19,21). The molecular weight excluding hydrogens is 266 g/mol. The Kier molecular flexibility index (Phi) is 12.0. The third-order valence-electron chi connectivity index (χ3n) is 3.51. The molecule has 0 bridgehead atoms. The average molecular weight is 299 g/mol. The van der Waals surface area contributed by atoms with E-state index in [1.807, 2.05) is 13.8 Å². The third-order valence-corrected chi connectivity index (χ3v) is 3.51. The average Bonchev–Trinajstić information content (AvgIpc) is 2.43. The van der Waals surface area contributed by atoms with E-state index >= 15 is 0 Å². The van der Waals surface area contributed by atoms with Gasteiger partial charge < -0.3 is 16.4 Å². The number of unbranched alkanes of at least 4 members (excludes halogenated alkanes) is 4. The van der Waals surface area contributed by atoms with Crippen molar-refractivity contribution >= 4 is 11.8 Å². The number of primary amides is 1. The van der Waals surface area contributed by atoms with Crippen LogP contribution in [0.4, 0.5) is 0 Å². The van der Waals surface area contributed by atoms with Crippen LogP contribution >= 0.6 is 0 Å². The molecule has 0 aliphatic carbocycles. The largest absolute Gasteiger partial charge is 0.368 e. The first kappa shape index (κ1) is 19.9. The maximum atomic E-state index is 11.4. The van der Waals surface area contributed by atoms with Crippen molar-refractivity contribution < 1.29 is 9.59 Å². The van der Waals surface area contributed by atoms with Crippen molar-refractivity contribution in [1.29, 1.82) is 0 Å². The molecule has 0 aromatic carbocycles. The maximum absolute atomic E-state index is 11.4. The Morgan fingerprint density at radius 1 is 1.00 bits per heavy atom. The van der Waals surface area contributed by atoms with Gasteiger partial charge in [0, 0.05) is 12.5 Å². The Balaban J connectivity index is 3.70. The lowest BCUT2D eigenvalue weighted by Crippen LogP contribution is -2.41. The second-order valence-electron chi connectivity index (χ2n) is 5.91. The highest BCUT2D eigenvalue weighted by atomic mass is 16.2. The number of rotatable bonds is 13. The number of hydrogen-bond donors (Lipinski definition) is 3. The van der Waals surface area contributed by atoms with Crippen LogP contribution in [0.2, 0.25) is 0 Å². The zero-order valence-electron chi connectivity index (χ0n) is 13.9. The summed E-state index contributed by atoms with van der Waals surface area (Å²) in [4.78, 5) is 22.7. The van der Waals surface area contributed by atoms with Gasteiger partial charge in [0.1, 0.15) is 0 Å². The Labute approximate surface area is 129 Å². The molecule has 0 heterocycles. The topological polar surface area (TPSA) is 84.2 Å². The van der Waals surface area contributed by atoms with Crippen molar-refractivity contribution in [2.75, 3.05) is 13.1 Å². The molecule has 0 saturated heterocycles. The van der Waals surface area contributed by atoms with Crippen LogP contribution in [0.15, 0.2) is 0 Å². The highest BCUT2D eigenvalue weighted by Crippen LogP contribution is 2.03. The molecule has 0 aromatic rings. The van der Waals surface area contributed by atoms with Crippen molar-refractivity contribution in [3.63, 3.8) is 0 Å². The summed E-state index contributed by atoms with van der Waals surface area (Å²) < 4.78 is 0. The Bertz CT molecular complexity index is 293. The molecule has 0 aliphatic heterocycles. The summed E-state index contributed by atoms with van der Waals surface area (Å²) in [5.74, 6) is -0.180. The van der Waals surface area contributed by atoms with Crippen LogP contribution in [0.5, 0.6) is 0 Å². The van der Waals surface area contributed by atoms with Gasteiger partial charge in [-0.05, 0) is 32.2 Å². The van der Waals surface area contributed by atoms with Gasteiger partial charge in [-0.1, -0.05) is 40.0 Å². The van der Waals surface area contributed by atoms with Crippen LogP contribution in [-0.2, 0) is 9.59 Å². The van der Waals surface area contributed by atoms with Crippen molar-refractivity contribution in [3.05, 3.63) is 0 Å². The summed E-state index contributed by atoms with van der Waals surface area (Å²) in [5.41, 5.74) is 5.41. The lowest BCUT2D eigenvalue weighted by molar-refractivity contribution is -0.124. The summed E-state index contributed by atoms with van der Waals surface area (Å²) in [7, 11) is 0. The van der Waals surface area contributed by atoms with E-state index < -0.39 is 0 Å². The van der Waals surface area contributed by atoms with E-state index in [4.69, 9.17) is 5.73 Å². The minimum Gasteiger partial charge on any atom is -0.368 e. The zero-order valence-corrected chi connectivity index (χ0v) is 13.9. The van der Waals surface area contributed by atoms with E-state index in [-0.39, 0.29) is 23.8 Å². The van der Waals surface area contributed by atoms with E-state index in [1.54, 1.807) is 0 Å². The van der Waals surface area contributed by atoms with Crippen molar-refractivity contribution in [2.24, 2.45) is 11.7 Å². The number of carbonyl (C=O) groups is 2. The molecular formula is C16H33N3O2. The number of hydrogen-bond acceptors (Lipinski definition) is 3. The first-order valence-corrected chi connectivity index (χ1v) is 8.29. The van der Waals surface area contributed by atoms with E-state index in [9.17, 15) is 9.59 Å². The van der Waals surface area contributed by atoms with Gasteiger partial charge in [0.2, 0.25) is 11.8 Å². The summed E-state index contributed by atoms with van der Waals surface area (Å²) in [5, 5.41) is 6.11. The lowest BCUT2D eigenvalue weighted by Gasteiger charge is -2.15. The van der Waals surface area contributed by atoms with Gasteiger partial charge in [0.05, 0.1) is 6.04 Å². The predicted molar refractivity (Wildman–Crippen MR) is 86.8 cm³/mol. The molecule has 0 aromatic heterocycles. The maximum Gasteiger partial charge on any atom is 0.234 e. The molecule has 5 nitrogen and oxygen atoms in total.